The van der Waals surface area contributed by atoms with Gasteiger partial charge in [0.15, 0.2) is 5.16 Å². The molecule has 1 aliphatic heterocycles. The zero-order valence-corrected chi connectivity index (χ0v) is 19.5. The third kappa shape index (κ3) is 4.55. The van der Waals surface area contributed by atoms with E-state index in [-0.39, 0.29) is 17.9 Å². The Morgan fingerprint density at radius 3 is 2.52 bits per heavy atom. The van der Waals surface area contributed by atoms with Crippen LogP contribution in [-0.2, 0) is 11.8 Å². The van der Waals surface area contributed by atoms with Gasteiger partial charge in [0.05, 0.1) is 0 Å². The van der Waals surface area contributed by atoms with Crippen molar-refractivity contribution in [3.05, 3.63) is 72.6 Å². The van der Waals surface area contributed by atoms with E-state index in [2.05, 4.69) is 10.3 Å². The molecule has 2 amide bonds. The molecule has 1 saturated heterocycles. The summed E-state index contributed by atoms with van der Waals surface area (Å²) in [5.41, 5.74) is 1.39. The van der Waals surface area contributed by atoms with Crippen molar-refractivity contribution in [2.45, 2.75) is 54.2 Å². The van der Waals surface area contributed by atoms with Crippen molar-refractivity contribution < 1.29 is 9.59 Å². The second-order valence-electron chi connectivity index (χ2n) is 8.88. The number of rotatable bonds is 5. The quantitative estimate of drug-likeness (QED) is 0.583. The summed E-state index contributed by atoms with van der Waals surface area (Å²) in [5.74, 6) is 0.267. The summed E-state index contributed by atoms with van der Waals surface area (Å²) in [6.07, 6.45) is 8.79. The predicted octanol–water partition coefficient (Wildman–Crippen LogP) is 4.98. The highest BCUT2D eigenvalue weighted by Crippen LogP contribution is 2.41. The molecule has 33 heavy (non-hydrogen) atoms. The molecular formula is C26H28N4O2S. The van der Waals surface area contributed by atoms with Crippen molar-refractivity contribution in [2.75, 3.05) is 5.32 Å². The number of nitrogens with zero attached hydrogens (tertiary/aromatic N) is 3. The fraction of sp³-hybridized carbons (Fsp3) is 0.346. The van der Waals surface area contributed by atoms with Gasteiger partial charge >= 0.3 is 0 Å². The van der Waals surface area contributed by atoms with Gasteiger partial charge in [-0.15, -0.1) is 0 Å². The Labute approximate surface area is 198 Å². The summed E-state index contributed by atoms with van der Waals surface area (Å²) in [5, 5.41) is 3.98. The summed E-state index contributed by atoms with van der Waals surface area (Å²) >= 11 is 1.58. The molecule has 2 heterocycles. The van der Waals surface area contributed by atoms with E-state index in [4.69, 9.17) is 0 Å². The number of nitrogens with one attached hydrogen (secondary N) is 1. The van der Waals surface area contributed by atoms with Gasteiger partial charge in [-0.1, -0.05) is 42.8 Å². The predicted molar refractivity (Wildman–Crippen MR) is 129 cm³/mol. The van der Waals surface area contributed by atoms with Gasteiger partial charge in [-0.05, 0) is 61.6 Å². The van der Waals surface area contributed by atoms with Crippen molar-refractivity contribution in [3.8, 4) is 0 Å². The monoisotopic (exact) mass is 460 g/mol. The first-order chi connectivity index (χ1) is 16.1. The third-order valence-corrected chi connectivity index (χ3v) is 7.84. The van der Waals surface area contributed by atoms with Crippen LogP contribution >= 0.6 is 11.8 Å². The molecular weight excluding hydrogens is 432 g/mol. The highest BCUT2D eigenvalue weighted by atomic mass is 32.2. The maximum Gasteiger partial charge on any atom is 0.254 e. The summed E-state index contributed by atoms with van der Waals surface area (Å²) in [4.78, 5) is 34.1. The van der Waals surface area contributed by atoms with Crippen molar-refractivity contribution in [3.63, 3.8) is 0 Å². The van der Waals surface area contributed by atoms with Gasteiger partial charge in [0, 0.05) is 41.6 Å². The molecule has 2 aromatic carbocycles. The van der Waals surface area contributed by atoms with Crippen LogP contribution in [-0.4, -0.2) is 38.3 Å². The first kappa shape index (κ1) is 21.8. The molecule has 1 aromatic heterocycles. The third-order valence-electron chi connectivity index (χ3n) is 6.75. The Balaban J connectivity index is 1.32. The number of fused-ring (bicyclic) bond motifs is 1. The second kappa shape index (κ2) is 9.43. The number of aryl methyl sites for hydroxylation is 1. The Morgan fingerprint density at radius 2 is 1.79 bits per heavy atom. The molecule has 7 heteroatoms. The lowest BCUT2D eigenvalue weighted by Gasteiger charge is -2.33. The van der Waals surface area contributed by atoms with E-state index in [1.807, 2.05) is 77.3 Å². The number of imidazole rings is 1. The minimum Gasteiger partial charge on any atom is -0.329 e. The van der Waals surface area contributed by atoms with E-state index in [0.29, 0.717) is 11.5 Å². The Bertz CT molecular complexity index is 1130. The molecule has 3 atom stereocenters. The maximum absolute atomic E-state index is 13.4. The lowest BCUT2D eigenvalue weighted by Crippen LogP contribution is -2.47. The number of aromatic nitrogens is 2. The van der Waals surface area contributed by atoms with E-state index in [9.17, 15) is 9.59 Å². The van der Waals surface area contributed by atoms with Crippen molar-refractivity contribution in [1.82, 2.24) is 14.5 Å². The lowest BCUT2D eigenvalue weighted by atomic mass is 9.84. The average Bonchev–Trinajstić information content (AvgIpc) is 3.44. The molecule has 170 valence electrons. The van der Waals surface area contributed by atoms with Crippen molar-refractivity contribution >= 4 is 29.3 Å². The molecule has 3 unspecified atom stereocenters. The number of hydrogen-bond acceptors (Lipinski definition) is 4. The van der Waals surface area contributed by atoms with Crippen LogP contribution in [0.1, 0.15) is 42.5 Å². The van der Waals surface area contributed by atoms with Gasteiger partial charge in [-0.3, -0.25) is 9.59 Å². The molecule has 0 radical (unpaired) electrons. The molecule has 1 N–H and O–H groups in total. The first-order valence-corrected chi connectivity index (χ1v) is 12.4. The number of benzene rings is 2. The molecule has 2 fully saturated rings. The first-order valence-electron chi connectivity index (χ1n) is 11.5. The highest BCUT2D eigenvalue weighted by molar-refractivity contribution is 7.99. The largest absolute Gasteiger partial charge is 0.329 e. The normalized spacial score (nSPS) is 22.1. The minimum absolute atomic E-state index is 0.0352. The van der Waals surface area contributed by atoms with Crippen LogP contribution in [0.5, 0.6) is 0 Å². The average molecular weight is 461 g/mol. The summed E-state index contributed by atoms with van der Waals surface area (Å²) in [6, 6.07) is 16.8. The number of hydrogen-bond donors (Lipinski definition) is 1. The molecule has 1 aliphatic carbocycles. The second-order valence-corrected chi connectivity index (χ2v) is 9.92. The number of anilines is 1. The molecule has 0 spiro atoms. The molecule has 2 aliphatic rings. The fourth-order valence-corrected chi connectivity index (χ4v) is 5.90. The van der Waals surface area contributed by atoms with Gasteiger partial charge in [0.25, 0.3) is 5.91 Å². The summed E-state index contributed by atoms with van der Waals surface area (Å²) in [6.45, 7) is 0. The van der Waals surface area contributed by atoms with E-state index in [1.54, 1.807) is 18.0 Å². The number of amides is 2. The number of carbonyl (C=O) groups is 2. The van der Waals surface area contributed by atoms with Crippen LogP contribution in [0.4, 0.5) is 5.69 Å². The molecule has 1 saturated carbocycles. The van der Waals surface area contributed by atoms with Crippen LogP contribution < -0.4 is 5.32 Å². The Morgan fingerprint density at radius 1 is 1.03 bits per heavy atom. The Kier molecular flexibility index (Phi) is 6.22. The Hall–Kier alpha value is -3.06. The van der Waals surface area contributed by atoms with Gasteiger partial charge in [0.2, 0.25) is 5.91 Å². The fourth-order valence-electron chi connectivity index (χ4n) is 5.10. The smallest absolute Gasteiger partial charge is 0.254 e. The topological polar surface area (TPSA) is 67.2 Å². The van der Waals surface area contributed by atoms with Gasteiger partial charge < -0.3 is 14.8 Å². The van der Waals surface area contributed by atoms with Gasteiger partial charge in [-0.25, -0.2) is 4.98 Å². The van der Waals surface area contributed by atoms with Gasteiger partial charge in [-0.2, -0.15) is 0 Å². The van der Waals surface area contributed by atoms with E-state index in [1.165, 1.54) is 6.42 Å². The van der Waals surface area contributed by atoms with Gasteiger partial charge in [0.1, 0.15) is 6.04 Å². The van der Waals surface area contributed by atoms with Crippen LogP contribution in [0.3, 0.4) is 0 Å². The van der Waals surface area contributed by atoms with Crippen LogP contribution in [0.2, 0.25) is 0 Å². The summed E-state index contributed by atoms with van der Waals surface area (Å²) < 4.78 is 1.97. The molecule has 3 aromatic rings. The number of likely N-dealkylation sites (tertiary alicyclic amines) is 1. The molecule has 6 nitrogen and oxygen atoms in total. The highest BCUT2D eigenvalue weighted by Gasteiger charge is 2.47. The lowest BCUT2D eigenvalue weighted by molar-refractivity contribution is -0.120. The zero-order valence-electron chi connectivity index (χ0n) is 18.7. The zero-order chi connectivity index (χ0) is 22.8. The van der Waals surface area contributed by atoms with E-state index in [0.717, 1.165) is 41.4 Å². The maximum atomic E-state index is 13.4. The van der Waals surface area contributed by atoms with Crippen LogP contribution in [0.15, 0.2) is 77.0 Å². The molecule has 5 rings (SSSR count). The van der Waals surface area contributed by atoms with Crippen LogP contribution in [0.25, 0.3) is 0 Å². The number of carbonyl (C=O) groups excluding carboxylic acids is 2. The summed E-state index contributed by atoms with van der Waals surface area (Å²) in [7, 11) is 1.96. The van der Waals surface area contributed by atoms with Crippen molar-refractivity contribution in [2.24, 2.45) is 13.0 Å². The van der Waals surface area contributed by atoms with Crippen molar-refractivity contribution in [1.29, 1.82) is 0 Å². The van der Waals surface area contributed by atoms with Crippen LogP contribution in [0, 0.1) is 5.92 Å². The van der Waals surface area contributed by atoms with E-state index < -0.39 is 6.04 Å². The SMILES string of the molecule is Cn1ccnc1Sc1ccc(NC(=O)C2CC3CCCCC3N2C(=O)c2ccccc2)cc1. The standard InChI is InChI=1S/C26H28N4O2S/c1-29-16-15-27-26(29)33-21-13-11-20(12-14-21)28-24(31)23-17-19-9-5-6-10-22(19)30(23)25(32)18-7-3-2-4-8-18/h2-4,7-8,11-16,19,22-23H,5-6,9-10,17H2,1H3,(H,28,31). The molecule has 0 bridgehead atoms. The minimum atomic E-state index is -0.438. The van der Waals surface area contributed by atoms with E-state index >= 15 is 0 Å².